The van der Waals surface area contributed by atoms with Gasteiger partial charge in [-0.05, 0) is 33.8 Å². The highest BCUT2D eigenvalue weighted by molar-refractivity contribution is 6.41. The van der Waals surface area contributed by atoms with Gasteiger partial charge in [-0.25, -0.2) is 9.78 Å². The Balaban J connectivity index is 2.19. The Bertz CT molecular complexity index is 1180. The van der Waals surface area contributed by atoms with E-state index in [1.54, 1.807) is 32.6 Å². The molecule has 180 valence electrons. The monoisotopic (exact) mass is 501 g/mol. The maximum Gasteiger partial charge on any atom is 0.410 e. The molecule has 1 saturated heterocycles. The number of piperazine rings is 1. The van der Waals surface area contributed by atoms with Gasteiger partial charge in [0.1, 0.15) is 22.1 Å². The van der Waals surface area contributed by atoms with Crippen LogP contribution >= 0.6 is 23.2 Å². The zero-order chi connectivity index (χ0) is 24.8. The summed E-state index contributed by atoms with van der Waals surface area (Å²) in [5, 5.41) is 22.3. The smallest absolute Gasteiger partial charge is 0.410 e. The highest BCUT2D eigenvalue weighted by Crippen LogP contribution is 2.38. The van der Waals surface area contributed by atoms with Gasteiger partial charge in [0.05, 0.1) is 22.6 Å². The number of aryl methyl sites for hydroxylation is 1. The number of carbonyl (C=O) groups excluding carboxylic acids is 1. The molecule has 2 aromatic rings. The van der Waals surface area contributed by atoms with E-state index in [-0.39, 0.29) is 40.0 Å². The van der Waals surface area contributed by atoms with Crippen molar-refractivity contribution < 1.29 is 19.6 Å². The van der Waals surface area contributed by atoms with Gasteiger partial charge < -0.3 is 19.6 Å². The van der Waals surface area contributed by atoms with Crippen LogP contribution in [-0.2, 0) is 11.8 Å². The predicted octanol–water partition coefficient (Wildman–Crippen LogP) is 2.96. The van der Waals surface area contributed by atoms with Crippen LogP contribution in [0, 0.1) is 10.1 Å². The van der Waals surface area contributed by atoms with E-state index in [2.05, 4.69) is 4.98 Å². The summed E-state index contributed by atoms with van der Waals surface area (Å²) in [6.45, 7) is 6.66. The molecule has 1 amide bonds. The molecule has 1 fully saturated rings. The molecule has 0 aromatic carbocycles. The van der Waals surface area contributed by atoms with Gasteiger partial charge >= 0.3 is 17.3 Å². The number of ether oxygens (including phenoxy) is 1. The van der Waals surface area contributed by atoms with Crippen molar-refractivity contribution in [3.8, 4) is 0 Å². The molecule has 0 bridgehead atoms. The van der Waals surface area contributed by atoms with Gasteiger partial charge in [-0.3, -0.25) is 19.5 Å². The maximum atomic E-state index is 12.9. The molecule has 0 unspecified atom stereocenters. The first-order valence-electron chi connectivity index (χ1n) is 10.2. The number of carbonyl (C=O) groups is 1. The van der Waals surface area contributed by atoms with E-state index in [9.17, 15) is 24.8 Å². The van der Waals surface area contributed by atoms with Crippen LogP contribution in [0.15, 0.2) is 10.9 Å². The first-order chi connectivity index (χ1) is 15.3. The lowest BCUT2D eigenvalue weighted by atomic mass is 10.0. The molecule has 3 heterocycles. The second-order valence-electron chi connectivity index (χ2n) is 8.92. The first-order valence-corrected chi connectivity index (χ1v) is 10.9. The van der Waals surface area contributed by atoms with Crippen molar-refractivity contribution in [1.82, 2.24) is 14.5 Å². The van der Waals surface area contributed by atoms with E-state index in [4.69, 9.17) is 27.9 Å². The van der Waals surface area contributed by atoms with Crippen LogP contribution in [0.25, 0.3) is 11.0 Å². The summed E-state index contributed by atoms with van der Waals surface area (Å²) < 4.78 is 6.50. The minimum Gasteiger partial charge on any atom is -0.444 e. The number of aliphatic hydroxyl groups is 1. The number of amides is 1. The second-order valence-corrected chi connectivity index (χ2v) is 9.69. The molecule has 1 aliphatic rings. The van der Waals surface area contributed by atoms with E-state index in [0.717, 1.165) is 4.57 Å². The van der Waals surface area contributed by atoms with Crippen LogP contribution in [-0.4, -0.2) is 68.0 Å². The zero-order valence-corrected chi connectivity index (χ0v) is 20.3. The Kier molecular flexibility index (Phi) is 6.79. The molecule has 3 rings (SSSR count). The van der Waals surface area contributed by atoms with E-state index in [0.29, 0.717) is 0 Å². The summed E-state index contributed by atoms with van der Waals surface area (Å²) >= 11 is 12.2. The highest BCUT2D eigenvalue weighted by atomic mass is 35.5. The van der Waals surface area contributed by atoms with Gasteiger partial charge in [0.2, 0.25) is 0 Å². The number of halogens is 2. The number of pyridine rings is 2. The van der Waals surface area contributed by atoms with Crippen LogP contribution in [0.2, 0.25) is 10.2 Å². The van der Waals surface area contributed by atoms with Crippen molar-refractivity contribution in [2.24, 2.45) is 7.05 Å². The highest BCUT2D eigenvalue weighted by Gasteiger charge is 2.40. The number of fused-ring (bicyclic) bond motifs is 1. The summed E-state index contributed by atoms with van der Waals surface area (Å²) in [7, 11) is 1.35. The van der Waals surface area contributed by atoms with Crippen molar-refractivity contribution in [2.75, 3.05) is 24.6 Å². The number of aliphatic hydroxyl groups excluding tert-OH is 1. The Morgan fingerprint density at radius 3 is 2.55 bits per heavy atom. The Morgan fingerprint density at radius 1 is 1.36 bits per heavy atom. The lowest BCUT2D eigenvalue weighted by Gasteiger charge is -2.45. The Morgan fingerprint density at radius 2 is 2.00 bits per heavy atom. The predicted molar refractivity (Wildman–Crippen MR) is 124 cm³/mol. The number of nitro groups is 1. The van der Waals surface area contributed by atoms with Crippen molar-refractivity contribution in [3.63, 3.8) is 0 Å². The number of anilines is 1. The van der Waals surface area contributed by atoms with E-state index < -0.39 is 46.6 Å². The van der Waals surface area contributed by atoms with Crippen molar-refractivity contribution >= 4 is 51.7 Å². The van der Waals surface area contributed by atoms with Crippen LogP contribution < -0.4 is 10.5 Å². The van der Waals surface area contributed by atoms with Gasteiger partial charge in [0, 0.05) is 31.6 Å². The molecule has 0 aliphatic carbocycles. The van der Waals surface area contributed by atoms with Gasteiger partial charge in [-0.15, -0.1) is 0 Å². The summed E-state index contributed by atoms with van der Waals surface area (Å²) in [5.74, 6) is 0. The van der Waals surface area contributed by atoms with Gasteiger partial charge in [0.15, 0.2) is 0 Å². The van der Waals surface area contributed by atoms with Crippen molar-refractivity contribution in [2.45, 2.75) is 45.4 Å². The Labute approximate surface area is 199 Å². The molecular weight excluding hydrogens is 477 g/mol. The van der Waals surface area contributed by atoms with Crippen LogP contribution in [0.1, 0.15) is 27.7 Å². The number of hydrogen-bond acceptors (Lipinski definition) is 8. The summed E-state index contributed by atoms with van der Waals surface area (Å²) in [6, 6.07) is 0.210. The molecule has 0 spiro atoms. The average molecular weight is 502 g/mol. The quantitative estimate of drug-likeness (QED) is 0.385. The molecule has 1 aliphatic heterocycles. The van der Waals surface area contributed by atoms with Crippen molar-refractivity contribution in [3.05, 3.63) is 36.7 Å². The normalized spacial score (nSPS) is 19.2. The molecule has 0 radical (unpaired) electrons. The average Bonchev–Trinajstić information content (AvgIpc) is 2.70. The van der Waals surface area contributed by atoms with Crippen LogP contribution in [0.3, 0.4) is 0 Å². The fourth-order valence-electron chi connectivity index (χ4n) is 3.87. The van der Waals surface area contributed by atoms with Crippen molar-refractivity contribution in [1.29, 1.82) is 0 Å². The molecule has 1 N–H and O–H groups in total. The first kappa shape index (κ1) is 25.0. The summed E-state index contributed by atoms with van der Waals surface area (Å²) in [5.41, 5.74) is -2.20. The lowest BCUT2D eigenvalue weighted by molar-refractivity contribution is -0.385. The topological polar surface area (TPSA) is 131 Å². The molecule has 0 saturated carbocycles. The zero-order valence-electron chi connectivity index (χ0n) is 18.8. The summed E-state index contributed by atoms with van der Waals surface area (Å²) in [4.78, 5) is 44.0. The molecular formula is C20H25Cl2N5O6. The largest absolute Gasteiger partial charge is 0.444 e. The SMILES string of the molecule is C[C@@H]1CN(c2c([N+](=O)[O-])c(=O)n(C)c3nc(Cl)c(Cl)cc23)[C@@H](CO)CN1C(=O)OC(C)(C)C. The fourth-order valence-corrected chi connectivity index (χ4v) is 4.16. The fraction of sp³-hybridized carbons (Fsp3) is 0.550. The number of hydrogen-bond donors (Lipinski definition) is 1. The lowest BCUT2D eigenvalue weighted by Crippen LogP contribution is -2.61. The maximum absolute atomic E-state index is 12.9. The Hall–Kier alpha value is -2.63. The third-order valence-electron chi connectivity index (χ3n) is 5.37. The van der Waals surface area contributed by atoms with Gasteiger partial charge in [0.25, 0.3) is 0 Å². The molecule has 2 aromatic heterocycles. The van der Waals surface area contributed by atoms with E-state index in [1.165, 1.54) is 18.0 Å². The van der Waals surface area contributed by atoms with Crippen LogP contribution in [0.4, 0.5) is 16.2 Å². The number of nitrogens with zero attached hydrogens (tertiary/aromatic N) is 5. The second kappa shape index (κ2) is 8.96. The molecule has 2 atom stereocenters. The van der Waals surface area contributed by atoms with Gasteiger partial charge in [-0.1, -0.05) is 23.2 Å². The third-order valence-corrected chi connectivity index (χ3v) is 6.04. The molecule has 13 heteroatoms. The molecule has 11 nitrogen and oxygen atoms in total. The minimum atomic E-state index is -0.882. The standard InChI is InChI=1S/C20H25Cl2N5O6/c1-10-7-26(11(9-28)8-25(10)19(30)33-20(2,3)4)14-12-6-13(21)16(22)23-17(12)24(5)18(29)15(14)27(31)32/h6,10-11,28H,7-9H2,1-5H3/t10-,11-/m1/s1. The summed E-state index contributed by atoms with van der Waals surface area (Å²) in [6.07, 6.45) is -0.562. The van der Waals surface area contributed by atoms with Gasteiger partial charge in [-0.2, -0.15) is 0 Å². The third kappa shape index (κ3) is 4.71. The van der Waals surface area contributed by atoms with E-state index in [1.807, 2.05) is 0 Å². The number of aromatic nitrogens is 2. The van der Waals surface area contributed by atoms with E-state index >= 15 is 0 Å². The minimum absolute atomic E-state index is 0.0230. The van der Waals surface area contributed by atoms with Crippen LogP contribution in [0.5, 0.6) is 0 Å². The number of rotatable bonds is 3. The molecule has 33 heavy (non-hydrogen) atoms.